The van der Waals surface area contributed by atoms with Crippen LogP contribution in [0.3, 0.4) is 0 Å². The second kappa shape index (κ2) is 6.56. The first-order chi connectivity index (χ1) is 10.0. The van der Waals surface area contributed by atoms with Gasteiger partial charge in [0.05, 0.1) is 18.3 Å². The smallest absolute Gasteiger partial charge is 0.405 e. The van der Waals surface area contributed by atoms with Gasteiger partial charge in [0.25, 0.3) is 0 Å². The number of rotatable bonds is 4. The van der Waals surface area contributed by atoms with Crippen molar-refractivity contribution in [3.05, 3.63) is 52.7 Å². The predicted molar refractivity (Wildman–Crippen MR) is 80.4 cm³/mol. The van der Waals surface area contributed by atoms with Gasteiger partial charge in [-0.3, -0.25) is 4.98 Å². The topological polar surface area (TPSA) is 82.5 Å². The highest BCUT2D eigenvalue weighted by molar-refractivity contribution is 6.33. The van der Waals surface area contributed by atoms with Crippen LogP contribution in [0.5, 0.6) is 0 Å². The fraction of sp³-hybridized carbons (Fsp3) is 0.200. The van der Waals surface area contributed by atoms with Crippen LogP contribution in [-0.4, -0.2) is 27.9 Å². The monoisotopic (exact) mass is 306 g/mol. The molecule has 0 saturated heterocycles. The van der Waals surface area contributed by atoms with E-state index in [0.29, 0.717) is 16.1 Å². The Morgan fingerprint density at radius 3 is 2.81 bits per heavy atom. The van der Waals surface area contributed by atoms with Crippen LogP contribution in [0.25, 0.3) is 11.3 Å². The molecule has 1 aromatic carbocycles. The summed E-state index contributed by atoms with van der Waals surface area (Å²) >= 11 is 6.22. The molecule has 0 spiro atoms. The number of hydrogen-bond acceptors (Lipinski definition) is 3. The Hall–Kier alpha value is -2.11. The van der Waals surface area contributed by atoms with Crippen LogP contribution < -0.4 is 5.32 Å². The number of carbonyl (C=O) groups is 1. The van der Waals surface area contributed by atoms with Crippen molar-refractivity contribution >= 4 is 17.7 Å². The quantitative estimate of drug-likeness (QED) is 0.811. The number of aryl methyl sites for hydroxylation is 1. The zero-order valence-corrected chi connectivity index (χ0v) is 12.1. The molecule has 0 bridgehead atoms. The number of aliphatic hydroxyl groups excluding tert-OH is 1. The molecule has 2 rings (SSSR count). The zero-order chi connectivity index (χ0) is 15.4. The van der Waals surface area contributed by atoms with E-state index < -0.39 is 12.1 Å². The van der Waals surface area contributed by atoms with Crippen LogP contribution in [-0.2, 0) is 0 Å². The lowest BCUT2D eigenvalue weighted by Crippen LogP contribution is -2.29. The molecule has 0 saturated carbocycles. The van der Waals surface area contributed by atoms with Gasteiger partial charge in [0.1, 0.15) is 0 Å². The normalized spacial score (nSPS) is 12.0. The first kappa shape index (κ1) is 15.3. The largest absolute Gasteiger partial charge is 0.465 e. The van der Waals surface area contributed by atoms with Crippen molar-refractivity contribution in [2.45, 2.75) is 13.0 Å². The number of halogens is 1. The average Bonchev–Trinajstić information content (AvgIpc) is 2.46. The molecular formula is C15H15ClN2O3. The van der Waals surface area contributed by atoms with Crippen molar-refractivity contribution in [3.8, 4) is 11.3 Å². The van der Waals surface area contributed by atoms with Gasteiger partial charge in [-0.25, -0.2) is 4.79 Å². The van der Waals surface area contributed by atoms with E-state index in [4.69, 9.17) is 16.7 Å². The van der Waals surface area contributed by atoms with Crippen molar-refractivity contribution in [1.29, 1.82) is 0 Å². The number of aliphatic hydroxyl groups is 1. The number of nitrogens with one attached hydrogen (secondary N) is 1. The first-order valence-electron chi connectivity index (χ1n) is 6.34. The van der Waals surface area contributed by atoms with Gasteiger partial charge in [-0.15, -0.1) is 0 Å². The molecule has 6 heteroatoms. The van der Waals surface area contributed by atoms with Crippen molar-refractivity contribution in [2.24, 2.45) is 0 Å². The zero-order valence-electron chi connectivity index (χ0n) is 11.4. The van der Waals surface area contributed by atoms with Crippen molar-refractivity contribution in [1.82, 2.24) is 10.3 Å². The Balaban J connectivity index is 2.46. The lowest BCUT2D eigenvalue weighted by atomic mass is 10.0. The third-order valence-corrected chi connectivity index (χ3v) is 3.47. The van der Waals surface area contributed by atoms with Crippen molar-refractivity contribution in [3.63, 3.8) is 0 Å². The average molecular weight is 307 g/mol. The highest BCUT2D eigenvalue weighted by Crippen LogP contribution is 2.31. The number of pyridine rings is 1. The number of carboxylic acid groups (broad SMARTS) is 1. The summed E-state index contributed by atoms with van der Waals surface area (Å²) in [4.78, 5) is 15.1. The van der Waals surface area contributed by atoms with Crippen LogP contribution in [0.1, 0.15) is 17.2 Å². The Kier molecular flexibility index (Phi) is 4.77. The summed E-state index contributed by atoms with van der Waals surface area (Å²) in [7, 11) is 0. The summed E-state index contributed by atoms with van der Waals surface area (Å²) in [5.74, 6) is 0. The summed E-state index contributed by atoms with van der Waals surface area (Å²) in [5, 5.41) is 20.9. The number of amides is 1. The molecule has 0 aliphatic rings. The van der Waals surface area contributed by atoms with Crippen molar-refractivity contribution in [2.75, 3.05) is 6.61 Å². The third-order valence-electron chi connectivity index (χ3n) is 3.14. The van der Waals surface area contributed by atoms with Gasteiger partial charge in [-0.1, -0.05) is 23.7 Å². The molecule has 1 atom stereocenters. The van der Waals surface area contributed by atoms with Gasteiger partial charge >= 0.3 is 6.09 Å². The van der Waals surface area contributed by atoms with Gasteiger partial charge in [0.15, 0.2) is 0 Å². The second-order valence-corrected chi connectivity index (χ2v) is 5.00. The van der Waals surface area contributed by atoms with Gasteiger partial charge in [-0.2, -0.15) is 0 Å². The first-order valence-corrected chi connectivity index (χ1v) is 6.72. The minimum Gasteiger partial charge on any atom is -0.465 e. The number of benzene rings is 1. The van der Waals surface area contributed by atoms with E-state index in [2.05, 4.69) is 10.3 Å². The van der Waals surface area contributed by atoms with E-state index in [1.807, 2.05) is 19.1 Å². The molecular weight excluding hydrogens is 292 g/mol. The summed E-state index contributed by atoms with van der Waals surface area (Å²) in [6.45, 7) is 1.58. The van der Waals surface area contributed by atoms with E-state index in [1.54, 1.807) is 24.4 Å². The molecule has 0 aliphatic heterocycles. The Morgan fingerprint density at radius 2 is 2.19 bits per heavy atom. The Labute approximate surface area is 127 Å². The fourth-order valence-electron chi connectivity index (χ4n) is 2.09. The van der Waals surface area contributed by atoms with E-state index >= 15 is 0 Å². The van der Waals surface area contributed by atoms with Crippen LogP contribution >= 0.6 is 11.6 Å². The number of hydrogen-bond donors (Lipinski definition) is 3. The Morgan fingerprint density at radius 1 is 1.43 bits per heavy atom. The standard InChI is InChI=1S/C15H15ClN2O3/c1-9-3-2-6-17-14(9)11-7-10(4-5-12(11)16)13(8-19)18-15(20)21/h2-7,13,18-19H,8H2,1H3,(H,20,21). The maximum Gasteiger partial charge on any atom is 0.405 e. The van der Waals surface area contributed by atoms with Gasteiger partial charge < -0.3 is 15.5 Å². The molecule has 0 radical (unpaired) electrons. The van der Waals surface area contributed by atoms with Gasteiger partial charge in [0, 0.05) is 16.8 Å². The lowest BCUT2D eigenvalue weighted by molar-refractivity contribution is 0.177. The highest BCUT2D eigenvalue weighted by atomic mass is 35.5. The molecule has 1 aromatic heterocycles. The third kappa shape index (κ3) is 3.51. The number of nitrogens with zero attached hydrogens (tertiary/aromatic N) is 1. The molecule has 5 nitrogen and oxygen atoms in total. The van der Waals surface area contributed by atoms with Gasteiger partial charge in [-0.05, 0) is 36.2 Å². The molecule has 110 valence electrons. The summed E-state index contributed by atoms with van der Waals surface area (Å²) in [6.07, 6.45) is 0.476. The predicted octanol–water partition coefficient (Wildman–Crippen LogP) is 3.01. The maximum atomic E-state index is 10.8. The summed E-state index contributed by atoms with van der Waals surface area (Å²) in [5.41, 5.74) is 3.03. The minimum absolute atomic E-state index is 0.339. The molecule has 0 fully saturated rings. The fourth-order valence-corrected chi connectivity index (χ4v) is 2.30. The minimum atomic E-state index is -1.19. The molecule has 1 unspecified atom stereocenters. The van der Waals surface area contributed by atoms with E-state index in [0.717, 1.165) is 11.3 Å². The van der Waals surface area contributed by atoms with Crippen molar-refractivity contribution < 1.29 is 15.0 Å². The van der Waals surface area contributed by atoms with Crippen LogP contribution in [0, 0.1) is 6.92 Å². The van der Waals surface area contributed by atoms with E-state index in [-0.39, 0.29) is 6.61 Å². The summed E-state index contributed by atoms with van der Waals surface area (Å²) in [6, 6.07) is 8.15. The molecule has 3 N–H and O–H groups in total. The Bertz CT molecular complexity index is 661. The van der Waals surface area contributed by atoms with E-state index in [1.165, 1.54) is 0 Å². The van der Waals surface area contributed by atoms with Crippen LogP contribution in [0.2, 0.25) is 5.02 Å². The van der Waals surface area contributed by atoms with Gasteiger partial charge in [0.2, 0.25) is 0 Å². The molecule has 1 amide bonds. The number of aromatic nitrogens is 1. The molecule has 1 heterocycles. The highest BCUT2D eigenvalue weighted by Gasteiger charge is 2.16. The SMILES string of the molecule is Cc1cccnc1-c1cc(C(CO)NC(=O)O)ccc1Cl. The van der Waals surface area contributed by atoms with Crippen LogP contribution in [0.4, 0.5) is 4.79 Å². The second-order valence-electron chi connectivity index (χ2n) is 4.59. The van der Waals surface area contributed by atoms with E-state index in [9.17, 15) is 9.90 Å². The molecule has 0 aliphatic carbocycles. The summed E-state index contributed by atoms with van der Waals surface area (Å²) < 4.78 is 0. The lowest BCUT2D eigenvalue weighted by Gasteiger charge is -2.16. The molecule has 2 aromatic rings. The maximum absolute atomic E-state index is 10.8. The van der Waals surface area contributed by atoms with Crippen LogP contribution in [0.15, 0.2) is 36.5 Å². The molecule has 21 heavy (non-hydrogen) atoms.